The summed E-state index contributed by atoms with van der Waals surface area (Å²) >= 11 is 1.70. The molecule has 5 heteroatoms. The summed E-state index contributed by atoms with van der Waals surface area (Å²) in [5, 5.41) is 6.72. The van der Waals surface area contributed by atoms with Gasteiger partial charge in [0.1, 0.15) is 0 Å². The molecular weight excluding hydrogens is 368 g/mol. The molecule has 4 aliphatic rings. The number of benzene rings is 1. The van der Waals surface area contributed by atoms with E-state index >= 15 is 0 Å². The molecule has 1 aromatic heterocycles. The van der Waals surface area contributed by atoms with E-state index in [0.717, 1.165) is 37.7 Å². The first-order chi connectivity index (χ1) is 13.3. The number of hydrogen-bond donors (Lipinski definition) is 2. The average molecular weight is 397 g/mol. The van der Waals surface area contributed by atoms with Crippen LogP contribution in [0.5, 0.6) is 0 Å². The minimum atomic E-state index is -0.588. The maximum absolute atomic E-state index is 13.4. The molecule has 1 heterocycles. The van der Waals surface area contributed by atoms with Crippen molar-refractivity contribution in [2.75, 3.05) is 0 Å². The molecule has 4 nitrogen and oxygen atoms in total. The molecule has 2 amide bonds. The van der Waals surface area contributed by atoms with E-state index in [-0.39, 0.29) is 23.3 Å². The van der Waals surface area contributed by atoms with Crippen molar-refractivity contribution < 1.29 is 9.59 Å². The zero-order chi connectivity index (χ0) is 19.7. The SMILES string of the molecule is CC(C)(C(=O)NC1[C@@H]2CC3C[C@H]1CC(C(N)=O)(C3)C2)c1csc2ccccc12. The molecule has 3 unspecified atom stereocenters. The number of nitrogens with one attached hydrogen (secondary N) is 1. The van der Waals surface area contributed by atoms with Crippen LogP contribution in [-0.2, 0) is 15.0 Å². The Labute approximate surface area is 169 Å². The molecule has 4 aliphatic carbocycles. The van der Waals surface area contributed by atoms with Crippen LogP contribution in [0.4, 0.5) is 0 Å². The number of nitrogens with two attached hydrogens (primary N) is 1. The minimum absolute atomic E-state index is 0.0988. The molecule has 0 saturated heterocycles. The lowest BCUT2D eigenvalue weighted by molar-refractivity contribution is -0.148. The van der Waals surface area contributed by atoms with Gasteiger partial charge >= 0.3 is 0 Å². The zero-order valence-corrected chi connectivity index (χ0v) is 17.4. The van der Waals surface area contributed by atoms with E-state index in [1.54, 1.807) is 11.3 Å². The topological polar surface area (TPSA) is 72.2 Å². The van der Waals surface area contributed by atoms with Crippen molar-refractivity contribution in [1.82, 2.24) is 5.32 Å². The van der Waals surface area contributed by atoms with E-state index in [2.05, 4.69) is 22.8 Å². The van der Waals surface area contributed by atoms with Gasteiger partial charge in [0, 0.05) is 16.2 Å². The predicted molar refractivity (Wildman–Crippen MR) is 112 cm³/mol. The minimum Gasteiger partial charge on any atom is -0.369 e. The van der Waals surface area contributed by atoms with Crippen LogP contribution in [0.15, 0.2) is 29.6 Å². The van der Waals surface area contributed by atoms with Crippen molar-refractivity contribution in [2.45, 2.75) is 57.4 Å². The molecular formula is C23H28N2O2S. The Hall–Kier alpha value is -1.88. The number of hydrogen-bond acceptors (Lipinski definition) is 3. The second kappa shape index (κ2) is 6.06. The molecule has 28 heavy (non-hydrogen) atoms. The maximum Gasteiger partial charge on any atom is 0.230 e. The zero-order valence-electron chi connectivity index (χ0n) is 16.5. The van der Waals surface area contributed by atoms with Crippen LogP contribution in [0.3, 0.4) is 0 Å². The molecule has 1 aromatic carbocycles. The number of rotatable bonds is 4. The van der Waals surface area contributed by atoms with Crippen molar-refractivity contribution in [2.24, 2.45) is 28.9 Å². The second-order valence-corrected chi connectivity index (χ2v) is 10.8. The molecule has 0 radical (unpaired) electrons. The Balaban J connectivity index is 1.39. The molecule has 6 rings (SSSR count). The highest BCUT2D eigenvalue weighted by Gasteiger charge is 2.58. The van der Waals surface area contributed by atoms with Crippen LogP contribution in [0.2, 0.25) is 0 Å². The number of primary amides is 1. The van der Waals surface area contributed by atoms with Gasteiger partial charge in [-0.15, -0.1) is 11.3 Å². The Morgan fingerprint density at radius 1 is 1.14 bits per heavy atom. The summed E-state index contributed by atoms with van der Waals surface area (Å²) in [5.74, 6) is 1.35. The van der Waals surface area contributed by atoms with Crippen LogP contribution in [-0.4, -0.2) is 17.9 Å². The molecule has 4 saturated carbocycles. The third kappa shape index (κ3) is 2.55. The number of carbonyl (C=O) groups is 2. The molecule has 3 N–H and O–H groups in total. The monoisotopic (exact) mass is 396 g/mol. The van der Waals surface area contributed by atoms with Gasteiger partial charge in [-0.1, -0.05) is 18.2 Å². The van der Waals surface area contributed by atoms with E-state index in [0.29, 0.717) is 17.8 Å². The van der Waals surface area contributed by atoms with Gasteiger partial charge in [-0.2, -0.15) is 0 Å². The van der Waals surface area contributed by atoms with Crippen LogP contribution >= 0.6 is 11.3 Å². The number of amides is 2. The van der Waals surface area contributed by atoms with Gasteiger partial charge in [0.05, 0.1) is 5.41 Å². The molecule has 148 valence electrons. The first-order valence-electron chi connectivity index (χ1n) is 10.4. The Kier molecular flexibility index (Phi) is 3.93. The molecule has 2 aromatic rings. The summed E-state index contributed by atoms with van der Waals surface area (Å²) in [6, 6.07) is 8.47. The lowest BCUT2D eigenvalue weighted by Gasteiger charge is -2.59. The normalized spacial score (nSPS) is 33.9. The predicted octanol–water partition coefficient (Wildman–Crippen LogP) is 3.98. The van der Waals surface area contributed by atoms with E-state index in [9.17, 15) is 9.59 Å². The Morgan fingerprint density at radius 2 is 1.82 bits per heavy atom. The van der Waals surface area contributed by atoms with Crippen LogP contribution < -0.4 is 11.1 Å². The van der Waals surface area contributed by atoms with Crippen LogP contribution in [0, 0.1) is 23.2 Å². The van der Waals surface area contributed by atoms with Crippen LogP contribution in [0.25, 0.3) is 10.1 Å². The molecule has 4 bridgehead atoms. The summed E-state index contributed by atoms with van der Waals surface area (Å²) in [7, 11) is 0. The fourth-order valence-corrected chi connectivity index (χ4v) is 7.61. The lowest BCUT2D eigenvalue weighted by atomic mass is 9.47. The first kappa shape index (κ1) is 18.2. The summed E-state index contributed by atoms with van der Waals surface area (Å²) < 4.78 is 1.22. The number of fused-ring (bicyclic) bond motifs is 1. The largest absolute Gasteiger partial charge is 0.369 e. The third-order valence-electron chi connectivity index (χ3n) is 7.82. The first-order valence-corrected chi connectivity index (χ1v) is 11.3. The standard InChI is InChI=1S/C23H28N2O2S/c1-22(2,17-12-28-18-6-4-3-5-16(17)18)21(27)25-19-14-7-13-8-15(19)11-23(9-13,10-14)20(24)26/h3-6,12-15,19H,7-11H2,1-2H3,(H2,24,26)(H,25,27)/t13?,14-,15+,19?,23?. The van der Waals surface area contributed by atoms with E-state index < -0.39 is 5.41 Å². The average Bonchev–Trinajstić information content (AvgIpc) is 3.08. The lowest BCUT2D eigenvalue weighted by Crippen LogP contribution is -2.63. The van der Waals surface area contributed by atoms with Gasteiger partial charge in [-0.3, -0.25) is 9.59 Å². The second-order valence-electron chi connectivity index (χ2n) is 9.88. The molecule has 0 spiro atoms. The van der Waals surface area contributed by atoms with Crippen molar-refractivity contribution >= 4 is 33.2 Å². The molecule has 4 fully saturated rings. The fraction of sp³-hybridized carbons (Fsp3) is 0.565. The van der Waals surface area contributed by atoms with Gasteiger partial charge in [0.25, 0.3) is 0 Å². The summed E-state index contributed by atoms with van der Waals surface area (Å²) in [5.41, 5.74) is 6.00. The highest BCUT2D eigenvalue weighted by Crippen LogP contribution is 2.60. The quantitative estimate of drug-likeness (QED) is 0.821. The Bertz CT molecular complexity index is 946. The van der Waals surface area contributed by atoms with Crippen molar-refractivity contribution in [3.05, 3.63) is 35.2 Å². The number of carbonyl (C=O) groups excluding carboxylic acids is 2. The fourth-order valence-electron chi connectivity index (χ4n) is 6.48. The molecule has 5 atom stereocenters. The van der Waals surface area contributed by atoms with Crippen molar-refractivity contribution in [1.29, 1.82) is 0 Å². The van der Waals surface area contributed by atoms with Crippen molar-refractivity contribution in [3.8, 4) is 0 Å². The maximum atomic E-state index is 13.4. The van der Waals surface area contributed by atoms with Gasteiger partial charge in [0.15, 0.2) is 0 Å². The highest BCUT2D eigenvalue weighted by atomic mass is 32.1. The van der Waals surface area contributed by atoms with E-state index in [1.165, 1.54) is 10.1 Å². The summed E-state index contributed by atoms with van der Waals surface area (Å²) in [6.07, 6.45) is 4.91. The van der Waals surface area contributed by atoms with Gasteiger partial charge < -0.3 is 11.1 Å². The van der Waals surface area contributed by atoms with Crippen molar-refractivity contribution in [3.63, 3.8) is 0 Å². The summed E-state index contributed by atoms with van der Waals surface area (Å²) in [4.78, 5) is 25.6. The van der Waals surface area contributed by atoms with Gasteiger partial charge in [-0.25, -0.2) is 0 Å². The third-order valence-corrected chi connectivity index (χ3v) is 8.78. The molecule has 0 aliphatic heterocycles. The van der Waals surface area contributed by atoms with Crippen LogP contribution in [0.1, 0.15) is 51.5 Å². The number of thiophene rings is 1. The Morgan fingerprint density at radius 3 is 2.50 bits per heavy atom. The summed E-state index contributed by atoms with van der Waals surface area (Å²) in [6.45, 7) is 4.05. The smallest absolute Gasteiger partial charge is 0.230 e. The van der Waals surface area contributed by atoms with E-state index in [1.807, 2.05) is 26.0 Å². The van der Waals surface area contributed by atoms with E-state index in [4.69, 9.17) is 5.73 Å². The highest BCUT2D eigenvalue weighted by molar-refractivity contribution is 7.17. The van der Waals surface area contributed by atoms with Gasteiger partial charge in [-0.05, 0) is 86.1 Å². The van der Waals surface area contributed by atoms with Gasteiger partial charge in [0.2, 0.25) is 11.8 Å².